The van der Waals surface area contributed by atoms with Crippen molar-refractivity contribution in [2.24, 2.45) is 4.99 Å². The Morgan fingerprint density at radius 3 is 3.20 bits per heavy atom. The minimum atomic E-state index is -0.622. The molecule has 2 atom stereocenters. The Balaban J connectivity index is 1.99. The number of amides is 1. The summed E-state index contributed by atoms with van der Waals surface area (Å²) < 4.78 is 0. The van der Waals surface area contributed by atoms with Crippen molar-refractivity contribution in [2.75, 3.05) is 13.1 Å². The fraction of sp³-hybridized carbons (Fsp3) is 0.667. The van der Waals surface area contributed by atoms with E-state index >= 15 is 0 Å². The quantitative estimate of drug-likeness (QED) is 0.663. The zero-order chi connectivity index (χ0) is 10.8. The molecule has 1 saturated heterocycles. The molecule has 5 nitrogen and oxygen atoms in total. The number of rotatable bonds is 2. The summed E-state index contributed by atoms with van der Waals surface area (Å²) in [4.78, 5) is 17.3. The number of nitrogens with zero attached hydrogens (tertiary/aromatic N) is 2. The lowest BCUT2D eigenvalue weighted by Crippen LogP contribution is -2.47. The first-order valence-electron chi connectivity index (χ1n) is 4.97. The topological polar surface area (TPSA) is 68.6 Å². The summed E-state index contributed by atoms with van der Waals surface area (Å²) in [6, 6.07) is -0.237. The van der Waals surface area contributed by atoms with E-state index in [4.69, 9.17) is 17.0 Å². The van der Waals surface area contributed by atoms with E-state index in [9.17, 15) is 4.79 Å². The molecule has 2 N–H and O–H groups in total. The van der Waals surface area contributed by atoms with Crippen LogP contribution in [0.2, 0.25) is 0 Å². The van der Waals surface area contributed by atoms with Gasteiger partial charge in [-0.15, -0.1) is 11.6 Å². The van der Waals surface area contributed by atoms with Crippen molar-refractivity contribution >= 4 is 29.7 Å². The lowest BCUT2D eigenvalue weighted by Gasteiger charge is -2.26. The summed E-state index contributed by atoms with van der Waals surface area (Å²) in [6.45, 7) is 1.44. The van der Waals surface area contributed by atoms with Crippen molar-refractivity contribution < 1.29 is 4.79 Å². The first-order chi connectivity index (χ1) is 7.18. The van der Waals surface area contributed by atoms with Crippen LogP contribution >= 0.6 is 11.6 Å². The Morgan fingerprint density at radius 2 is 2.53 bits per heavy atom. The van der Waals surface area contributed by atoms with Gasteiger partial charge >= 0.3 is 0 Å². The third kappa shape index (κ3) is 2.12. The van der Waals surface area contributed by atoms with E-state index in [1.54, 1.807) is 0 Å². The summed E-state index contributed by atoms with van der Waals surface area (Å²) in [5.41, 5.74) is 0. The van der Waals surface area contributed by atoms with Gasteiger partial charge in [0.05, 0.1) is 18.2 Å². The molecule has 1 amide bonds. The normalized spacial score (nSPS) is 30.9. The minimum absolute atomic E-state index is 0.206. The predicted molar refractivity (Wildman–Crippen MR) is 58.6 cm³/mol. The second-order valence-corrected chi connectivity index (χ2v) is 4.22. The van der Waals surface area contributed by atoms with Crippen LogP contribution in [0, 0.1) is 5.41 Å². The van der Waals surface area contributed by atoms with Crippen LogP contribution in [0.4, 0.5) is 0 Å². The van der Waals surface area contributed by atoms with E-state index in [1.165, 1.54) is 6.34 Å². The van der Waals surface area contributed by atoms with Crippen molar-refractivity contribution in [3.8, 4) is 0 Å². The molecule has 2 rings (SSSR count). The lowest BCUT2D eigenvalue weighted by atomic mass is 10.1. The maximum atomic E-state index is 11.3. The smallest absolute Gasteiger partial charge is 0.245 e. The maximum absolute atomic E-state index is 11.3. The third-order valence-corrected chi connectivity index (χ3v) is 3.18. The van der Waals surface area contributed by atoms with Crippen molar-refractivity contribution in [1.29, 1.82) is 5.41 Å². The van der Waals surface area contributed by atoms with Crippen LogP contribution in [0.25, 0.3) is 0 Å². The van der Waals surface area contributed by atoms with E-state index in [2.05, 4.69) is 10.3 Å². The summed E-state index contributed by atoms with van der Waals surface area (Å²) in [7, 11) is 0. The number of hydrogen-bond donors (Lipinski definition) is 2. The number of hydrogen-bond acceptors (Lipinski definition) is 3. The molecule has 2 heterocycles. The van der Waals surface area contributed by atoms with Gasteiger partial charge in [-0.25, -0.2) is 0 Å². The summed E-state index contributed by atoms with van der Waals surface area (Å²) >= 11 is 5.94. The Kier molecular flexibility index (Phi) is 2.90. The van der Waals surface area contributed by atoms with Gasteiger partial charge in [0.2, 0.25) is 5.91 Å². The highest BCUT2D eigenvalue weighted by molar-refractivity contribution is 6.32. The van der Waals surface area contributed by atoms with Crippen LogP contribution in [-0.4, -0.2) is 47.5 Å². The van der Waals surface area contributed by atoms with Gasteiger partial charge < -0.3 is 10.2 Å². The molecule has 0 radical (unpaired) electrons. The van der Waals surface area contributed by atoms with Crippen molar-refractivity contribution in [3.05, 3.63) is 0 Å². The minimum Gasteiger partial charge on any atom is -0.358 e. The predicted octanol–water partition coefficient (Wildman–Crippen LogP) is 0.194. The number of alkyl halides is 1. The van der Waals surface area contributed by atoms with Crippen molar-refractivity contribution in [3.63, 3.8) is 0 Å². The molecule has 0 aromatic heterocycles. The fourth-order valence-electron chi connectivity index (χ4n) is 1.82. The molecule has 0 unspecified atom stereocenters. The van der Waals surface area contributed by atoms with Crippen LogP contribution in [0.15, 0.2) is 4.99 Å². The van der Waals surface area contributed by atoms with Gasteiger partial charge in [-0.2, -0.15) is 0 Å². The van der Waals surface area contributed by atoms with Crippen molar-refractivity contribution in [1.82, 2.24) is 10.2 Å². The molecule has 0 saturated carbocycles. The number of amidine groups is 1. The maximum Gasteiger partial charge on any atom is 0.245 e. The monoisotopic (exact) mass is 228 g/mol. The van der Waals surface area contributed by atoms with E-state index in [0.29, 0.717) is 12.4 Å². The largest absolute Gasteiger partial charge is 0.358 e. The molecule has 2 aliphatic heterocycles. The van der Waals surface area contributed by atoms with E-state index in [1.807, 2.05) is 4.90 Å². The average molecular weight is 229 g/mol. The molecular weight excluding hydrogens is 216 g/mol. The van der Waals surface area contributed by atoms with Crippen LogP contribution in [0.3, 0.4) is 0 Å². The Labute approximate surface area is 93.0 Å². The molecule has 1 fully saturated rings. The number of aliphatic imine (C=N–C) groups is 1. The Bertz CT molecular complexity index is 317. The van der Waals surface area contributed by atoms with Crippen LogP contribution in [-0.2, 0) is 4.79 Å². The number of halogens is 1. The molecule has 0 aromatic carbocycles. The second kappa shape index (κ2) is 4.18. The highest BCUT2D eigenvalue weighted by atomic mass is 35.5. The molecule has 0 aromatic rings. The summed E-state index contributed by atoms with van der Waals surface area (Å²) in [5, 5.41) is 9.51. The Morgan fingerprint density at radius 1 is 1.73 bits per heavy atom. The van der Waals surface area contributed by atoms with Gasteiger partial charge in [-0.1, -0.05) is 0 Å². The highest BCUT2D eigenvalue weighted by Gasteiger charge is 2.31. The van der Waals surface area contributed by atoms with Gasteiger partial charge in [-0.3, -0.25) is 15.2 Å². The molecule has 0 aliphatic carbocycles. The average Bonchev–Trinajstić information content (AvgIpc) is 2.60. The zero-order valence-electron chi connectivity index (χ0n) is 8.24. The first-order valence-corrected chi connectivity index (χ1v) is 5.40. The molecule has 15 heavy (non-hydrogen) atoms. The summed E-state index contributed by atoms with van der Waals surface area (Å²) in [6.07, 6.45) is 3.22. The number of carbonyl (C=O) groups excluding carboxylic acids is 1. The molecule has 0 bridgehead atoms. The molecule has 82 valence electrons. The van der Waals surface area contributed by atoms with Crippen molar-refractivity contribution in [2.45, 2.75) is 24.3 Å². The first kappa shape index (κ1) is 10.4. The van der Waals surface area contributed by atoms with Gasteiger partial charge in [-0.05, 0) is 6.42 Å². The van der Waals surface area contributed by atoms with E-state index in [-0.39, 0.29) is 11.9 Å². The van der Waals surface area contributed by atoms with Gasteiger partial charge in [0.15, 0.2) is 0 Å². The van der Waals surface area contributed by atoms with Gasteiger partial charge in [0.25, 0.3) is 0 Å². The van der Waals surface area contributed by atoms with E-state index < -0.39 is 5.38 Å². The lowest BCUT2D eigenvalue weighted by molar-refractivity contribution is -0.119. The highest BCUT2D eigenvalue weighted by Crippen LogP contribution is 2.16. The van der Waals surface area contributed by atoms with Crippen LogP contribution in [0.1, 0.15) is 12.8 Å². The molecule has 6 heteroatoms. The SMILES string of the molecule is N=C1CCCN1C[C@H]1N=CNC(=O)[C@@H]1Cl. The van der Waals surface area contributed by atoms with Gasteiger partial charge in [0.1, 0.15) is 5.38 Å². The van der Waals surface area contributed by atoms with Crippen LogP contribution < -0.4 is 5.32 Å². The number of carbonyl (C=O) groups is 1. The summed E-state index contributed by atoms with van der Waals surface area (Å²) in [5.74, 6) is 0.419. The van der Waals surface area contributed by atoms with Crippen LogP contribution in [0.5, 0.6) is 0 Å². The second-order valence-electron chi connectivity index (χ2n) is 3.75. The standard InChI is InChI=1S/C9H13ClN4O/c10-8-6(12-5-13-9(8)15)4-14-3-1-2-7(14)11/h5-6,8,11H,1-4H2,(H,12,13,15)/t6-,8-/m1/s1. The molecule has 2 aliphatic rings. The molecular formula is C9H13ClN4O. The molecule has 0 spiro atoms. The van der Waals surface area contributed by atoms with E-state index in [0.717, 1.165) is 19.4 Å². The third-order valence-electron chi connectivity index (χ3n) is 2.69. The number of nitrogens with one attached hydrogen (secondary N) is 2. The number of likely N-dealkylation sites (tertiary alicyclic amines) is 1. The zero-order valence-corrected chi connectivity index (χ0v) is 9.00. The van der Waals surface area contributed by atoms with Gasteiger partial charge in [0, 0.05) is 19.5 Å². The fourth-order valence-corrected chi connectivity index (χ4v) is 2.03. The Hall–Kier alpha value is -1.10.